The van der Waals surface area contributed by atoms with Gasteiger partial charge in [0.15, 0.2) is 5.82 Å². The molecule has 3 fully saturated rings. The van der Waals surface area contributed by atoms with Gasteiger partial charge in [-0.15, -0.1) is 0 Å². The van der Waals surface area contributed by atoms with E-state index in [-0.39, 0.29) is 18.1 Å². The van der Waals surface area contributed by atoms with Crippen LogP contribution in [0.15, 0.2) is 48.8 Å². The van der Waals surface area contributed by atoms with Crippen molar-refractivity contribution >= 4 is 23.2 Å². The molecule has 12 nitrogen and oxygen atoms in total. The Labute approximate surface area is 257 Å². The third-order valence-corrected chi connectivity index (χ3v) is 8.63. The zero-order chi connectivity index (χ0) is 30.6. The number of carbonyl (C=O) groups is 1. The van der Waals surface area contributed by atoms with Crippen molar-refractivity contribution in [3.05, 3.63) is 54.4 Å². The lowest BCUT2D eigenvalue weighted by Gasteiger charge is -2.43. The van der Waals surface area contributed by atoms with Crippen molar-refractivity contribution in [3.8, 4) is 23.2 Å². The van der Waals surface area contributed by atoms with Crippen molar-refractivity contribution in [2.45, 2.75) is 51.0 Å². The number of rotatable bonds is 8. The number of nitrogens with one attached hydrogen (secondary N) is 1. The molecule has 3 aromatic rings. The Hall–Kier alpha value is -4.31. The minimum atomic E-state index is -1.02. The van der Waals surface area contributed by atoms with E-state index in [2.05, 4.69) is 48.3 Å². The molecule has 230 valence electrons. The number of hydrogen-bond donors (Lipinski definition) is 2. The van der Waals surface area contributed by atoms with Gasteiger partial charge in [-0.3, -0.25) is 9.69 Å². The molecule has 0 unspecified atom stereocenters. The number of aliphatic hydroxyl groups is 1. The Kier molecular flexibility index (Phi) is 8.88. The van der Waals surface area contributed by atoms with Crippen LogP contribution in [0.25, 0.3) is 11.4 Å². The Morgan fingerprint density at radius 2 is 1.89 bits per heavy atom. The van der Waals surface area contributed by atoms with E-state index in [4.69, 9.17) is 9.47 Å². The molecule has 3 saturated heterocycles. The fourth-order valence-corrected chi connectivity index (χ4v) is 6.00. The number of carbonyl (C=O) groups excluding carboxylic acids is 1. The second-order valence-corrected chi connectivity index (χ2v) is 11.7. The van der Waals surface area contributed by atoms with E-state index in [0.29, 0.717) is 54.1 Å². The normalized spacial score (nSPS) is 21.7. The van der Waals surface area contributed by atoms with Crippen LogP contribution in [0.1, 0.15) is 32.3 Å². The van der Waals surface area contributed by atoms with Crippen LogP contribution in [-0.4, -0.2) is 106 Å². The highest BCUT2D eigenvalue weighted by Crippen LogP contribution is 2.29. The highest BCUT2D eigenvalue weighted by Gasteiger charge is 2.32. The number of anilines is 3. The average Bonchev–Trinajstić information content (AvgIpc) is 3.01. The molecular formula is C32H38N8O4. The van der Waals surface area contributed by atoms with Crippen LogP contribution < -0.4 is 15.0 Å². The molecular weight excluding hydrogens is 560 g/mol. The lowest BCUT2D eigenvalue weighted by atomic mass is 9.99. The first kappa shape index (κ1) is 29.7. The number of amides is 1. The van der Waals surface area contributed by atoms with E-state index in [9.17, 15) is 15.2 Å². The number of benzene rings is 2. The first-order valence-corrected chi connectivity index (χ1v) is 15.2. The van der Waals surface area contributed by atoms with E-state index in [1.165, 1.54) is 18.9 Å². The van der Waals surface area contributed by atoms with E-state index >= 15 is 0 Å². The number of ether oxygens (including phenoxy) is 2. The molecule has 0 spiro atoms. The zero-order valence-corrected chi connectivity index (χ0v) is 25.1. The quantitative estimate of drug-likeness (QED) is 0.396. The molecule has 44 heavy (non-hydrogen) atoms. The molecule has 0 saturated carbocycles. The fourth-order valence-electron chi connectivity index (χ4n) is 6.00. The first-order chi connectivity index (χ1) is 21.4. The van der Waals surface area contributed by atoms with Crippen LogP contribution in [0, 0.1) is 11.3 Å². The summed E-state index contributed by atoms with van der Waals surface area (Å²) in [7, 11) is 0. The number of piperidine rings is 1. The maximum atomic E-state index is 12.2. The molecule has 0 bridgehead atoms. The largest absolute Gasteiger partial charge is 0.489 e. The average molecular weight is 599 g/mol. The second-order valence-electron chi connectivity index (χ2n) is 11.7. The van der Waals surface area contributed by atoms with Gasteiger partial charge in [0.05, 0.1) is 24.8 Å². The topological polar surface area (TPSA) is 140 Å². The highest BCUT2D eigenvalue weighted by atomic mass is 16.5. The Morgan fingerprint density at radius 3 is 2.55 bits per heavy atom. The second kappa shape index (κ2) is 13.1. The number of likely N-dealkylation sites (tertiary alicyclic amines) is 1. The van der Waals surface area contributed by atoms with Gasteiger partial charge in [-0.2, -0.15) is 10.2 Å². The van der Waals surface area contributed by atoms with E-state index in [1.807, 2.05) is 25.1 Å². The first-order valence-electron chi connectivity index (χ1n) is 15.2. The van der Waals surface area contributed by atoms with Crippen molar-refractivity contribution in [1.82, 2.24) is 24.8 Å². The van der Waals surface area contributed by atoms with Crippen molar-refractivity contribution in [2.75, 3.05) is 56.2 Å². The minimum Gasteiger partial charge on any atom is -0.489 e. The molecule has 3 aliphatic heterocycles. The maximum Gasteiger partial charge on any atom is 0.251 e. The van der Waals surface area contributed by atoms with Crippen LogP contribution in [0.5, 0.6) is 5.75 Å². The van der Waals surface area contributed by atoms with Gasteiger partial charge in [0.1, 0.15) is 30.4 Å². The minimum absolute atomic E-state index is 0.0729. The zero-order valence-electron chi connectivity index (χ0n) is 25.1. The summed E-state index contributed by atoms with van der Waals surface area (Å²) < 4.78 is 11.5. The molecule has 12 heteroatoms. The SMILES string of the molecule is C[C@H](O)C(=O)N1CC[C@H](Oc2ccc(-c3ncnc(Nc4ccc(N5CCN(C6COC6)CC5)cc4)n3)cc2C#N)C[C@H]1C. The number of aliphatic hydroxyl groups excluding tert-OH is 1. The van der Waals surface area contributed by atoms with Crippen LogP contribution in [0.3, 0.4) is 0 Å². The van der Waals surface area contributed by atoms with Crippen LogP contribution >= 0.6 is 0 Å². The van der Waals surface area contributed by atoms with Gasteiger partial charge < -0.3 is 29.7 Å². The molecule has 2 N–H and O–H groups in total. The summed E-state index contributed by atoms with van der Waals surface area (Å²) in [4.78, 5) is 32.1. The molecule has 3 atom stereocenters. The highest BCUT2D eigenvalue weighted by molar-refractivity contribution is 5.80. The fraction of sp³-hybridized carbons (Fsp3) is 0.469. The van der Waals surface area contributed by atoms with Gasteiger partial charge in [-0.05, 0) is 56.3 Å². The third kappa shape index (κ3) is 6.60. The number of nitriles is 1. The lowest BCUT2D eigenvalue weighted by molar-refractivity contribution is -0.143. The molecule has 6 rings (SSSR count). The summed E-state index contributed by atoms with van der Waals surface area (Å²) in [6.07, 6.45) is 1.51. The summed E-state index contributed by atoms with van der Waals surface area (Å²) in [6, 6.07) is 16.3. The van der Waals surface area contributed by atoms with Gasteiger partial charge in [0, 0.05) is 68.5 Å². The molecule has 1 aromatic heterocycles. The van der Waals surface area contributed by atoms with Gasteiger partial charge in [-0.1, -0.05) is 0 Å². The van der Waals surface area contributed by atoms with Gasteiger partial charge in [-0.25, -0.2) is 9.97 Å². The standard InChI is InChI=1S/C32H38N8O4/c1-21-15-28(9-10-40(21)31(42)22(2)41)44-29-8-3-23(16-24(29)17-33)30-34-20-35-32(37-30)36-25-4-6-26(7-5-25)38-11-13-39(14-12-38)27-18-43-19-27/h3-8,16,20-22,27-28,41H,9-15,18-19H2,1-2H3,(H,34,35,36,37)/t21-,22+,28+/m1/s1. The smallest absolute Gasteiger partial charge is 0.251 e. The summed E-state index contributed by atoms with van der Waals surface area (Å²) in [5.74, 6) is 1.06. The summed E-state index contributed by atoms with van der Waals surface area (Å²) in [5.41, 5.74) is 3.11. The number of aromatic nitrogens is 3. The molecule has 0 radical (unpaired) electrons. The third-order valence-electron chi connectivity index (χ3n) is 8.63. The van der Waals surface area contributed by atoms with Crippen LogP contribution in [0.2, 0.25) is 0 Å². The van der Waals surface area contributed by atoms with Crippen molar-refractivity contribution in [2.24, 2.45) is 0 Å². The number of piperazine rings is 1. The summed E-state index contributed by atoms with van der Waals surface area (Å²) in [6.45, 7) is 9.73. The van der Waals surface area contributed by atoms with Crippen LogP contribution in [-0.2, 0) is 9.53 Å². The molecule has 1 amide bonds. The Morgan fingerprint density at radius 1 is 1.11 bits per heavy atom. The van der Waals surface area contributed by atoms with Crippen molar-refractivity contribution < 1.29 is 19.4 Å². The predicted molar refractivity (Wildman–Crippen MR) is 165 cm³/mol. The molecule has 2 aromatic carbocycles. The molecule has 0 aliphatic carbocycles. The van der Waals surface area contributed by atoms with E-state index < -0.39 is 6.10 Å². The van der Waals surface area contributed by atoms with Crippen molar-refractivity contribution in [3.63, 3.8) is 0 Å². The molecule has 4 heterocycles. The summed E-state index contributed by atoms with van der Waals surface area (Å²) >= 11 is 0. The predicted octanol–water partition coefficient (Wildman–Crippen LogP) is 2.81. The monoisotopic (exact) mass is 598 g/mol. The van der Waals surface area contributed by atoms with Gasteiger partial charge >= 0.3 is 0 Å². The summed E-state index contributed by atoms with van der Waals surface area (Å²) in [5, 5.41) is 22.8. The molecule has 3 aliphatic rings. The van der Waals surface area contributed by atoms with E-state index in [0.717, 1.165) is 45.1 Å². The number of nitrogens with zero attached hydrogens (tertiary/aromatic N) is 7. The lowest BCUT2D eigenvalue weighted by Crippen LogP contribution is -2.56. The Balaban J connectivity index is 1.07. The maximum absolute atomic E-state index is 12.2. The number of hydrogen-bond acceptors (Lipinski definition) is 11. The Bertz CT molecular complexity index is 1500. The van der Waals surface area contributed by atoms with E-state index in [1.54, 1.807) is 17.0 Å². The van der Waals surface area contributed by atoms with Gasteiger partial charge in [0.2, 0.25) is 5.95 Å². The van der Waals surface area contributed by atoms with Gasteiger partial charge in [0.25, 0.3) is 5.91 Å². The van der Waals surface area contributed by atoms with Crippen molar-refractivity contribution in [1.29, 1.82) is 5.26 Å². The van der Waals surface area contributed by atoms with Crippen LogP contribution in [0.4, 0.5) is 17.3 Å².